The zero-order valence-corrected chi connectivity index (χ0v) is 17.7. The molecular weight excluding hydrogens is 376 g/mol. The molecule has 2 atom stereocenters. The van der Waals surface area contributed by atoms with Crippen molar-refractivity contribution < 1.29 is 17.9 Å². The summed E-state index contributed by atoms with van der Waals surface area (Å²) in [4.78, 5) is 15.2. The second-order valence-corrected chi connectivity index (χ2v) is 10.6. The summed E-state index contributed by atoms with van der Waals surface area (Å²) in [5.41, 5.74) is 0.448. The SMILES string of the molecule is CC1CN(S(=O)(=O)c2cccc(C(=O)N(C)C(C3CC3)C3CC3)c2)CC(C)O1. The van der Waals surface area contributed by atoms with Crippen LogP contribution in [0, 0.1) is 11.8 Å². The van der Waals surface area contributed by atoms with Crippen molar-refractivity contribution in [3.8, 4) is 0 Å². The number of hydrogen-bond donors (Lipinski definition) is 0. The fourth-order valence-electron chi connectivity index (χ4n) is 4.50. The largest absolute Gasteiger partial charge is 0.373 e. The highest BCUT2D eigenvalue weighted by atomic mass is 32.2. The van der Waals surface area contributed by atoms with Gasteiger partial charge < -0.3 is 9.64 Å². The van der Waals surface area contributed by atoms with Crippen LogP contribution in [-0.4, -0.2) is 61.9 Å². The number of benzene rings is 1. The minimum absolute atomic E-state index is 0.0791. The molecule has 1 saturated heterocycles. The maximum absolute atomic E-state index is 13.1. The average Bonchev–Trinajstić information content (AvgIpc) is 3.55. The molecule has 1 aliphatic heterocycles. The Bertz CT molecular complexity index is 826. The molecule has 4 rings (SSSR count). The molecule has 3 aliphatic rings. The number of carbonyl (C=O) groups excluding carboxylic acids is 1. The molecule has 0 radical (unpaired) electrons. The van der Waals surface area contributed by atoms with Crippen molar-refractivity contribution in [2.45, 2.75) is 62.7 Å². The van der Waals surface area contributed by atoms with E-state index < -0.39 is 10.0 Å². The van der Waals surface area contributed by atoms with E-state index in [0.717, 1.165) is 0 Å². The third-order valence-corrected chi connectivity index (χ3v) is 7.91. The number of nitrogens with zero attached hydrogens (tertiary/aromatic N) is 2. The Labute approximate surface area is 167 Å². The molecule has 2 aliphatic carbocycles. The van der Waals surface area contributed by atoms with Gasteiger partial charge in [0.05, 0.1) is 17.1 Å². The molecule has 28 heavy (non-hydrogen) atoms. The van der Waals surface area contributed by atoms with Crippen LogP contribution < -0.4 is 0 Å². The molecular formula is C21H30N2O4S. The van der Waals surface area contributed by atoms with E-state index in [0.29, 0.717) is 36.5 Å². The summed E-state index contributed by atoms with van der Waals surface area (Å²) in [7, 11) is -1.78. The Morgan fingerprint density at radius 3 is 2.21 bits per heavy atom. The van der Waals surface area contributed by atoms with E-state index in [1.807, 2.05) is 25.8 Å². The van der Waals surface area contributed by atoms with Crippen LogP contribution in [0.5, 0.6) is 0 Å². The van der Waals surface area contributed by atoms with Crippen molar-refractivity contribution in [2.75, 3.05) is 20.1 Å². The zero-order valence-electron chi connectivity index (χ0n) is 16.9. The third kappa shape index (κ3) is 3.98. The predicted octanol–water partition coefficient (Wildman–Crippen LogP) is 2.75. The Morgan fingerprint density at radius 1 is 1.11 bits per heavy atom. The molecule has 0 aromatic heterocycles. The van der Waals surface area contributed by atoms with Gasteiger partial charge in [0.25, 0.3) is 5.91 Å². The highest BCUT2D eigenvalue weighted by Gasteiger charge is 2.45. The van der Waals surface area contributed by atoms with Crippen LogP contribution >= 0.6 is 0 Å². The average molecular weight is 407 g/mol. The minimum Gasteiger partial charge on any atom is -0.373 e. The fraction of sp³-hybridized carbons (Fsp3) is 0.667. The third-order valence-electron chi connectivity index (χ3n) is 6.08. The highest BCUT2D eigenvalue weighted by molar-refractivity contribution is 7.89. The van der Waals surface area contributed by atoms with Gasteiger partial charge in [0.15, 0.2) is 0 Å². The van der Waals surface area contributed by atoms with Crippen LogP contribution in [0.2, 0.25) is 0 Å². The Kier molecular flexibility index (Phi) is 5.27. The van der Waals surface area contributed by atoms with Crippen LogP contribution in [0.25, 0.3) is 0 Å². The molecule has 7 heteroatoms. The molecule has 154 valence electrons. The summed E-state index contributed by atoms with van der Waals surface area (Å²) in [5.74, 6) is 1.15. The molecule has 0 N–H and O–H groups in total. The first kappa shape index (κ1) is 19.9. The molecule has 0 spiro atoms. The molecule has 1 aromatic carbocycles. The van der Waals surface area contributed by atoms with Crippen LogP contribution in [0.15, 0.2) is 29.2 Å². The number of morpholine rings is 1. The first-order valence-electron chi connectivity index (χ1n) is 10.3. The highest BCUT2D eigenvalue weighted by Crippen LogP contribution is 2.47. The first-order valence-corrected chi connectivity index (χ1v) is 11.7. The summed E-state index contributed by atoms with van der Waals surface area (Å²) in [6.07, 6.45) is 4.49. The summed E-state index contributed by atoms with van der Waals surface area (Å²) in [6, 6.07) is 6.81. The van der Waals surface area contributed by atoms with E-state index in [2.05, 4.69) is 0 Å². The lowest BCUT2D eigenvalue weighted by atomic mass is 10.0. The number of sulfonamides is 1. The van der Waals surface area contributed by atoms with Gasteiger partial charge in [0, 0.05) is 31.7 Å². The molecule has 2 unspecified atom stereocenters. The van der Waals surface area contributed by atoms with Crippen LogP contribution in [0.3, 0.4) is 0 Å². The monoisotopic (exact) mass is 406 g/mol. The molecule has 3 fully saturated rings. The lowest BCUT2D eigenvalue weighted by Crippen LogP contribution is -2.48. The summed E-state index contributed by atoms with van der Waals surface area (Å²) < 4.78 is 33.4. The van der Waals surface area contributed by atoms with E-state index in [4.69, 9.17) is 4.74 Å². The molecule has 1 aromatic rings. The number of ether oxygens (including phenoxy) is 1. The van der Waals surface area contributed by atoms with E-state index in [1.165, 1.54) is 36.1 Å². The normalized spacial score (nSPS) is 26.4. The van der Waals surface area contributed by atoms with Gasteiger partial charge in [-0.3, -0.25) is 4.79 Å². The minimum atomic E-state index is -3.66. The zero-order chi connectivity index (χ0) is 20.1. The van der Waals surface area contributed by atoms with Crippen LogP contribution in [0.4, 0.5) is 0 Å². The second kappa shape index (κ2) is 7.43. The van der Waals surface area contributed by atoms with Gasteiger partial charge in [0.2, 0.25) is 10.0 Å². The van der Waals surface area contributed by atoms with Gasteiger partial charge in [-0.2, -0.15) is 4.31 Å². The van der Waals surface area contributed by atoms with Crippen LogP contribution in [-0.2, 0) is 14.8 Å². The smallest absolute Gasteiger partial charge is 0.253 e. The molecule has 1 amide bonds. The number of rotatable bonds is 6. The number of carbonyl (C=O) groups is 1. The van der Waals surface area contributed by atoms with Gasteiger partial charge in [-0.05, 0) is 69.6 Å². The van der Waals surface area contributed by atoms with E-state index >= 15 is 0 Å². The van der Waals surface area contributed by atoms with Crippen molar-refractivity contribution in [3.05, 3.63) is 29.8 Å². The first-order chi connectivity index (χ1) is 13.3. The molecule has 1 heterocycles. The Hall–Kier alpha value is -1.44. The maximum Gasteiger partial charge on any atom is 0.253 e. The van der Waals surface area contributed by atoms with Crippen molar-refractivity contribution in [1.82, 2.24) is 9.21 Å². The van der Waals surface area contributed by atoms with Gasteiger partial charge in [0.1, 0.15) is 0 Å². The Balaban J connectivity index is 1.56. The van der Waals surface area contributed by atoms with E-state index in [9.17, 15) is 13.2 Å². The van der Waals surface area contributed by atoms with Crippen molar-refractivity contribution >= 4 is 15.9 Å². The van der Waals surface area contributed by atoms with Gasteiger partial charge in [-0.25, -0.2) is 8.42 Å². The topological polar surface area (TPSA) is 66.9 Å². The summed E-state index contributed by atoms with van der Waals surface area (Å²) in [6.45, 7) is 4.42. The number of amides is 1. The van der Waals surface area contributed by atoms with Gasteiger partial charge in [-0.1, -0.05) is 6.07 Å². The van der Waals surface area contributed by atoms with Crippen molar-refractivity contribution in [3.63, 3.8) is 0 Å². The van der Waals surface area contributed by atoms with E-state index in [-0.39, 0.29) is 23.0 Å². The van der Waals surface area contributed by atoms with Crippen LogP contribution in [0.1, 0.15) is 49.9 Å². The molecule has 6 nitrogen and oxygen atoms in total. The predicted molar refractivity (Wildman–Crippen MR) is 107 cm³/mol. The van der Waals surface area contributed by atoms with Gasteiger partial charge >= 0.3 is 0 Å². The standard InChI is InChI=1S/C21H30N2O4S/c1-14-12-23(13-15(2)27-14)28(25,26)19-6-4-5-18(11-19)21(24)22(3)20(16-7-8-16)17-9-10-17/h4-6,11,14-17,20H,7-10,12-13H2,1-3H3. The summed E-state index contributed by atoms with van der Waals surface area (Å²) in [5, 5.41) is 0. The Morgan fingerprint density at radius 2 is 1.68 bits per heavy atom. The lowest BCUT2D eigenvalue weighted by molar-refractivity contribution is -0.0440. The molecule has 0 bridgehead atoms. The second-order valence-electron chi connectivity index (χ2n) is 8.69. The summed E-state index contributed by atoms with van der Waals surface area (Å²) >= 11 is 0. The fourth-order valence-corrected chi connectivity index (χ4v) is 6.13. The van der Waals surface area contributed by atoms with E-state index in [1.54, 1.807) is 18.2 Å². The number of hydrogen-bond acceptors (Lipinski definition) is 4. The van der Waals surface area contributed by atoms with Crippen molar-refractivity contribution in [1.29, 1.82) is 0 Å². The molecule has 2 saturated carbocycles. The van der Waals surface area contributed by atoms with Gasteiger partial charge in [-0.15, -0.1) is 0 Å². The van der Waals surface area contributed by atoms with Crippen molar-refractivity contribution in [2.24, 2.45) is 11.8 Å². The lowest BCUT2D eigenvalue weighted by Gasteiger charge is -2.34. The quantitative estimate of drug-likeness (QED) is 0.729. The maximum atomic E-state index is 13.1.